The van der Waals surface area contributed by atoms with Crippen LogP contribution in [-0.2, 0) is 6.42 Å². The van der Waals surface area contributed by atoms with E-state index in [1.165, 1.54) is 5.92 Å². The first-order chi connectivity index (χ1) is 9.50. The lowest BCUT2D eigenvalue weighted by Crippen LogP contribution is -2.44. The molecule has 0 bridgehead atoms. The van der Waals surface area contributed by atoms with E-state index in [0.29, 0.717) is 5.78 Å². The molecule has 1 aliphatic heterocycles. The van der Waals surface area contributed by atoms with Crippen LogP contribution in [0.15, 0.2) is 18.2 Å². The van der Waals surface area contributed by atoms with E-state index in [9.17, 15) is 4.79 Å². The molecule has 0 aromatic heterocycles. The zero-order valence-corrected chi connectivity index (χ0v) is 13.0. The molecular weight excluding hydrogens is 270 g/mol. The summed E-state index contributed by atoms with van der Waals surface area (Å²) in [7, 11) is 0. The Morgan fingerprint density at radius 2 is 2.00 bits per heavy atom. The number of likely N-dealkylation sites (tertiary alicyclic amines) is 1. The summed E-state index contributed by atoms with van der Waals surface area (Å²) in [5.41, 5.74) is 1.90. The van der Waals surface area contributed by atoms with Crippen LogP contribution in [0.4, 0.5) is 0 Å². The summed E-state index contributed by atoms with van der Waals surface area (Å²) in [5, 5.41) is 0.738. The molecule has 0 amide bonds. The smallest absolute Gasteiger partial charge is 0.169 e. The van der Waals surface area contributed by atoms with Crippen molar-refractivity contribution in [1.82, 2.24) is 4.90 Å². The topological polar surface area (TPSA) is 20.3 Å². The number of hydrogen-bond acceptors (Lipinski definition) is 2. The van der Waals surface area contributed by atoms with E-state index in [4.69, 9.17) is 11.6 Å². The molecular formula is C17H21ClNO. The van der Waals surface area contributed by atoms with Gasteiger partial charge in [0.2, 0.25) is 0 Å². The zero-order chi connectivity index (χ0) is 14.3. The molecule has 3 heteroatoms. The lowest BCUT2D eigenvalue weighted by molar-refractivity contribution is 0.0642. The molecule has 1 saturated heterocycles. The molecule has 1 aliphatic carbocycles. The van der Waals surface area contributed by atoms with Gasteiger partial charge in [0.15, 0.2) is 5.78 Å². The van der Waals surface area contributed by atoms with Crippen LogP contribution >= 0.6 is 11.6 Å². The van der Waals surface area contributed by atoms with Gasteiger partial charge in [-0.15, -0.1) is 0 Å². The Morgan fingerprint density at radius 3 is 2.65 bits per heavy atom. The highest BCUT2D eigenvalue weighted by atomic mass is 35.5. The Hall–Kier alpha value is -0.860. The predicted molar refractivity (Wildman–Crippen MR) is 82.2 cm³/mol. The maximum absolute atomic E-state index is 12.7. The normalized spacial score (nSPS) is 21.7. The van der Waals surface area contributed by atoms with Crippen molar-refractivity contribution in [2.24, 2.45) is 5.41 Å². The minimum atomic E-state index is -0.148. The summed E-state index contributed by atoms with van der Waals surface area (Å²) >= 11 is 6.06. The van der Waals surface area contributed by atoms with E-state index >= 15 is 0 Å². The van der Waals surface area contributed by atoms with Gasteiger partial charge >= 0.3 is 0 Å². The van der Waals surface area contributed by atoms with Crippen molar-refractivity contribution in [3.63, 3.8) is 0 Å². The summed E-state index contributed by atoms with van der Waals surface area (Å²) in [6.07, 6.45) is 2.83. The van der Waals surface area contributed by atoms with Crippen LogP contribution in [0.1, 0.15) is 42.6 Å². The fourth-order valence-electron chi connectivity index (χ4n) is 3.65. The first kappa shape index (κ1) is 14.1. The molecule has 20 heavy (non-hydrogen) atoms. The highest BCUT2D eigenvalue weighted by molar-refractivity contribution is 6.30. The van der Waals surface area contributed by atoms with Crippen LogP contribution in [0.25, 0.3) is 0 Å². The molecule has 1 radical (unpaired) electrons. The SMILES string of the molecule is C[C](C)CN1CCC2(CC1)Cc1cc(Cl)ccc1C2=O. The third-order valence-electron chi connectivity index (χ3n) is 4.68. The van der Waals surface area contributed by atoms with E-state index in [2.05, 4.69) is 18.7 Å². The summed E-state index contributed by atoms with van der Waals surface area (Å²) in [6, 6.07) is 5.72. The standard InChI is InChI=1S/C17H21ClNO/c1-12(2)11-19-7-5-17(6-8-19)10-13-9-14(18)3-4-15(13)16(17)20/h3-4,9H,5-8,10-11H2,1-2H3. The number of fused-ring (bicyclic) bond motifs is 1. The third-order valence-corrected chi connectivity index (χ3v) is 4.91. The van der Waals surface area contributed by atoms with Crippen LogP contribution in [0.3, 0.4) is 0 Å². The van der Waals surface area contributed by atoms with Crippen LogP contribution in [0, 0.1) is 11.3 Å². The Bertz CT molecular complexity index is 530. The molecule has 0 atom stereocenters. The van der Waals surface area contributed by atoms with Gasteiger partial charge in [0.25, 0.3) is 0 Å². The fourth-order valence-corrected chi connectivity index (χ4v) is 3.85. The highest BCUT2D eigenvalue weighted by Crippen LogP contribution is 2.45. The first-order valence-electron chi connectivity index (χ1n) is 7.35. The lowest BCUT2D eigenvalue weighted by Gasteiger charge is -2.38. The average Bonchev–Trinajstić information content (AvgIpc) is 2.65. The van der Waals surface area contributed by atoms with Gasteiger partial charge in [-0.3, -0.25) is 4.79 Å². The van der Waals surface area contributed by atoms with Gasteiger partial charge in [-0.2, -0.15) is 0 Å². The second-order valence-electron chi connectivity index (χ2n) is 6.57. The summed E-state index contributed by atoms with van der Waals surface area (Å²) in [4.78, 5) is 15.2. The van der Waals surface area contributed by atoms with Crippen molar-refractivity contribution in [2.45, 2.75) is 33.1 Å². The monoisotopic (exact) mass is 290 g/mol. The lowest BCUT2D eigenvalue weighted by atomic mass is 9.75. The van der Waals surface area contributed by atoms with Crippen LogP contribution in [0.2, 0.25) is 5.02 Å². The number of piperidine rings is 1. The molecule has 1 aromatic rings. The predicted octanol–water partition coefficient (Wildman–Crippen LogP) is 3.78. The minimum Gasteiger partial charge on any atom is -0.303 e. The van der Waals surface area contributed by atoms with Crippen molar-refractivity contribution in [3.8, 4) is 0 Å². The highest BCUT2D eigenvalue weighted by Gasteiger charge is 2.46. The number of ketones is 1. The molecule has 1 heterocycles. The largest absolute Gasteiger partial charge is 0.303 e. The number of Topliss-reactive ketones (excluding diaryl/α,β-unsaturated/α-hetero) is 1. The van der Waals surface area contributed by atoms with Gasteiger partial charge in [-0.1, -0.05) is 25.4 Å². The van der Waals surface area contributed by atoms with Crippen molar-refractivity contribution in [1.29, 1.82) is 0 Å². The summed E-state index contributed by atoms with van der Waals surface area (Å²) in [6.45, 7) is 7.45. The molecule has 1 spiro atoms. The summed E-state index contributed by atoms with van der Waals surface area (Å²) in [5.74, 6) is 1.79. The van der Waals surface area contributed by atoms with E-state index in [-0.39, 0.29) is 5.41 Å². The van der Waals surface area contributed by atoms with Crippen LogP contribution < -0.4 is 0 Å². The van der Waals surface area contributed by atoms with Gasteiger partial charge in [0.05, 0.1) is 0 Å². The average molecular weight is 291 g/mol. The van der Waals surface area contributed by atoms with Crippen LogP contribution in [-0.4, -0.2) is 30.3 Å². The van der Waals surface area contributed by atoms with E-state index < -0.39 is 0 Å². The molecule has 1 fully saturated rings. The second-order valence-corrected chi connectivity index (χ2v) is 7.01. The Kier molecular flexibility index (Phi) is 3.64. The number of carbonyl (C=O) groups is 1. The number of benzene rings is 1. The Balaban J connectivity index is 1.76. The van der Waals surface area contributed by atoms with Crippen molar-refractivity contribution >= 4 is 17.4 Å². The van der Waals surface area contributed by atoms with E-state index in [1.54, 1.807) is 0 Å². The number of halogens is 1. The molecule has 0 N–H and O–H groups in total. The van der Waals surface area contributed by atoms with Gasteiger partial charge in [0, 0.05) is 22.5 Å². The number of hydrogen-bond donors (Lipinski definition) is 0. The van der Waals surface area contributed by atoms with Crippen molar-refractivity contribution in [3.05, 3.63) is 40.3 Å². The quantitative estimate of drug-likeness (QED) is 0.826. The molecule has 2 nitrogen and oxygen atoms in total. The van der Waals surface area contributed by atoms with Crippen LogP contribution in [0.5, 0.6) is 0 Å². The molecule has 1 aromatic carbocycles. The maximum atomic E-state index is 12.7. The Morgan fingerprint density at radius 1 is 1.30 bits per heavy atom. The van der Waals surface area contributed by atoms with E-state index in [0.717, 1.165) is 55.0 Å². The third kappa shape index (κ3) is 2.40. The molecule has 0 unspecified atom stereocenters. The van der Waals surface area contributed by atoms with Crippen molar-refractivity contribution < 1.29 is 4.79 Å². The van der Waals surface area contributed by atoms with Gasteiger partial charge in [0.1, 0.15) is 0 Å². The maximum Gasteiger partial charge on any atom is 0.169 e. The molecule has 107 valence electrons. The van der Waals surface area contributed by atoms with Crippen molar-refractivity contribution in [2.75, 3.05) is 19.6 Å². The number of rotatable bonds is 2. The molecule has 2 aliphatic rings. The molecule has 3 rings (SSSR count). The number of carbonyl (C=O) groups excluding carboxylic acids is 1. The fraction of sp³-hybridized carbons (Fsp3) is 0.529. The zero-order valence-electron chi connectivity index (χ0n) is 12.2. The Labute approximate surface area is 126 Å². The summed E-state index contributed by atoms with van der Waals surface area (Å²) < 4.78 is 0. The van der Waals surface area contributed by atoms with E-state index in [1.807, 2.05) is 18.2 Å². The first-order valence-corrected chi connectivity index (χ1v) is 7.73. The second kappa shape index (κ2) is 5.16. The van der Waals surface area contributed by atoms with Gasteiger partial charge in [-0.05, 0) is 62.0 Å². The minimum absolute atomic E-state index is 0.148. The van der Waals surface area contributed by atoms with Gasteiger partial charge in [-0.25, -0.2) is 0 Å². The van der Waals surface area contributed by atoms with Gasteiger partial charge < -0.3 is 4.90 Å². The molecule has 0 saturated carbocycles. The number of nitrogens with zero attached hydrogens (tertiary/aromatic N) is 1.